The smallest absolute Gasteiger partial charge is 0.251 e. The summed E-state index contributed by atoms with van der Waals surface area (Å²) in [6.45, 7) is 4.12. The van der Waals surface area contributed by atoms with Crippen LogP contribution in [0.15, 0.2) is 54.6 Å². The molecule has 0 bridgehead atoms. The van der Waals surface area contributed by atoms with Gasteiger partial charge in [0.2, 0.25) is 0 Å². The molecule has 7 heteroatoms. The van der Waals surface area contributed by atoms with Crippen molar-refractivity contribution in [3.63, 3.8) is 0 Å². The van der Waals surface area contributed by atoms with Gasteiger partial charge >= 0.3 is 0 Å². The summed E-state index contributed by atoms with van der Waals surface area (Å²) < 4.78 is 10.6. The molecule has 0 saturated carbocycles. The van der Waals surface area contributed by atoms with E-state index in [1.807, 2.05) is 49.4 Å². The van der Waals surface area contributed by atoms with E-state index in [0.717, 1.165) is 48.1 Å². The second-order valence-electron chi connectivity index (χ2n) is 7.23. The van der Waals surface area contributed by atoms with Crippen LogP contribution in [-0.2, 0) is 0 Å². The van der Waals surface area contributed by atoms with E-state index in [0.29, 0.717) is 12.2 Å². The average molecular weight is 406 g/mol. The highest BCUT2D eigenvalue weighted by Crippen LogP contribution is 2.26. The average Bonchev–Trinajstić information content (AvgIpc) is 3.44. The zero-order valence-electron chi connectivity index (χ0n) is 17.2. The van der Waals surface area contributed by atoms with Crippen molar-refractivity contribution in [3.8, 4) is 22.8 Å². The van der Waals surface area contributed by atoms with Crippen LogP contribution in [-0.4, -0.2) is 49.0 Å². The SMILES string of the molecule is CCOc1ccc(C(=O)N[C@H]2CCN(c3cc(-c4ccc(OC)cc4)[nH]n3)C2)cc1. The quantitative estimate of drug-likeness (QED) is 0.628. The van der Waals surface area contributed by atoms with Crippen molar-refractivity contribution >= 4 is 11.7 Å². The van der Waals surface area contributed by atoms with Crippen LogP contribution in [0.4, 0.5) is 5.82 Å². The first kappa shape index (κ1) is 19.8. The normalized spacial score (nSPS) is 15.8. The van der Waals surface area contributed by atoms with Crippen molar-refractivity contribution < 1.29 is 14.3 Å². The summed E-state index contributed by atoms with van der Waals surface area (Å²) >= 11 is 0. The number of carbonyl (C=O) groups excluding carboxylic acids is 1. The molecule has 1 aliphatic rings. The Bertz CT molecular complexity index is 982. The molecule has 1 atom stereocenters. The summed E-state index contributed by atoms with van der Waals surface area (Å²) in [5.74, 6) is 2.42. The first-order chi connectivity index (χ1) is 14.7. The first-order valence-electron chi connectivity index (χ1n) is 10.1. The van der Waals surface area contributed by atoms with Gasteiger partial charge in [0.15, 0.2) is 5.82 Å². The van der Waals surface area contributed by atoms with E-state index in [-0.39, 0.29) is 11.9 Å². The lowest BCUT2D eigenvalue weighted by Gasteiger charge is -2.16. The maximum absolute atomic E-state index is 12.6. The Morgan fingerprint density at radius 3 is 2.60 bits per heavy atom. The lowest BCUT2D eigenvalue weighted by molar-refractivity contribution is 0.0940. The van der Waals surface area contributed by atoms with Gasteiger partial charge in [-0.3, -0.25) is 9.89 Å². The van der Waals surface area contributed by atoms with Crippen LogP contribution in [0.1, 0.15) is 23.7 Å². The van der Waals surface area contributed by atoms with Gasteiger partial charge in [-0.1, -0.05) is 0 Å². The molecule has 4 rings (SSSR count). The molecule has 7 nitrogen and oxygen atoms in total. The third kappa shape index (κ3) is 4.40. The Balaban J connectivity index is 1.35. The number of benzene rings is 2. The van der Waals surface area contributed by atoms with Gasteiger partial charge in [0, 0.05) is 30.8 Å². The fourth-order valence-electron chi connectivity index (χ4n) is 3.62. The molecule has 3 aromatic rings. The molecule has 2 heterocycles. The fourth-order valence-corrected chi connectivity index (χ4v) is 3.62. The molecule has 0 unspecified atom stereocenters. The zero-order valence-corrected chi connectivity index (χ0v) is 17.2. The van der Waals surface area contributed by atoms with Crippen LogP contribution in [0.25, 0.3) is 11.3 Å². The summed E-state index contributed by atoms with van der Waals surface area (Å²) in [4.78, 5) is 14.7. The third-order valence-corrected chi connectivity index (χ3v) is 5.24. The van der Waals surface area contributed by atoms with Crippen LogP contribution in [0.2, 0.25) is 0 Å². The number of hydrogen-bond donors (Lipinski definition) is 2. The van der Waals surface area contributed by atoms with Gasteiger partial charge in [-0.05, 0) is 67.4 Å². The van der Waals surface area contributed by atoms with Gasteiger partial charge in [0.05, 0.1) is 19.4 Å². The molecule has 1 aliphatic heterocycles. The van der Waals surface area contributed by atoms with E-state index >= 15 is 0 Å². The Kier molecular flexibility index (Phi) is 5.88. The molecule has 156 valence electrons. The molecule has 1 aromatic heterocycles. The topological polar surface area (TPSA) is 79.5 Å². The molecular weight excluding hydrogens is 380 g/mol. The maximum Gasteiger partial charge on any atom is 0.251 e. The summed E-state index contributed by atoms with van der Waals surface area (Å²) in [6.07, 6.45) is 0.882. The summed E-state index contributed by atoms with van der Waals surface area (Å²) in [7, 11) is 1.65. The highest BCUT2D eigenvalue weighted by atomic mass is 16.5. The third-order valence-electron chi connectivity index (χ3n) is 5.24. The largest absolute Gasteiger partial charge is 0.497 e. The van der Waals surface area contributed by atoms with Crippen molar-refractivity contribution in [1.82, 2.24) is 15.5 Å². The van der Waals surface area contributed by atoms with Crippen LogP contribution >= 0.6 is 0 Å². The number of aromatic nitrogens is 2. The van der Waals surface area contributed by atoms with Crippen molar-refractivity contribution in [1.29, 1.82) is 0 Å². The summed E-state index contributed by atoms with van der Waals surface area (Å²) in [5, 5.41) is 10.7. The summed E-state index contributed by atoms with van der Waals surface area (Å²) in [6, 6.07) is 17.2. The van der Waals surface area contributed by atoms with Crippen LogP contribution in [0, 0.1) is 0 Å². The minimum absolute atomic E-state index is 0.0640. The van der Waals surface area contributed by atoms with Crippen molar-refractivity contribution in [2.45, 2.75) is 19.4 Å². The number of nitrogens with zero attached hydrogens (tertiary/aromatic N) is 2. The van der Waals surface area contributed by atoms with Crippen LogP contribution in [0.5, 0.6) is 11.5 Å². The van der Waals surface area contributed by atoms with Gasteiger partial charge < -0.3 is 19.7 Å². The number of ether oxygens (including phenoxy) is 2. The number of amides is 1. The molecule has 2 N–H and O–H groups in total. The molecule has 0 spiro atoms. The molecule has 0 radical (unpaired) electrons. The molecule has 1 amide bonds. The standard InChI is InChI=1S/C23H26N4O3/c1-3-30-20-10-6-17(7-11-20)23(28)24-18-12-13-27(15-18)22-14-21(25-26-22)16-4-8-19(29-2)9-5-16/h4-11,14,18H,3,12-13,15H2,1-2H3,(H,24,28)(H,25,26)/t18-/m0/s1. The lowest BCUT2D eigenvalue weighted by Crippen LogP contribution is -2.37. The monoisotopic (exact) mass is 406 g/mol. The van der Waals surface area contributed by atoms with Gasteiger partial charge in [0.1, 0.15) is 11.5 Å². The van der Waals surface area contributed by atoms with E-state index in [9.17, 15) is 4.79 Å². The second-order valence-corrected chi connectivity index (χ2v) is 7.23. The second kappa shape index (κ2) is 8.90. The minimum atomic E-state index is -0.0640. The fraction of sp³-hybridized carbons (Fsp3) is 0.304. The Hall–Kier alpha value is -3.48. The van der Waals surface area contributed by atoms with Gasteiger partial charge in [-0.25, -0.2) is 0 Å². The number of carbonyl (C=O) groups is 1. The highest BCUT2D eigenvalue weighted by molar-refractivity contribution is 5.94. The Morgan fingerprint density at radius 1 is 1.17 bits per heavy atom. The van der Waals surface area contributed by atoms with Gasteiger partial charge in [-0.2, -0.15) is 5.10 Å². The minimum Gasteiger partial charge on any atom is -0.497 e. The molecular formula is C23H26N4O3. The van der Waals surface area contributed by atoms with E-state index in [1.165, 1.54) is 0 Å². The first-order valence-corrected chi connectivity index (χ1v) is 10.1. The Labute approximate surface area is 176 Å². The predicted octanol–water partition coefficient (Wildman–Crippen LogP) is 3.49. The number of methoxy groups -OCH3 is 1. The molecule has 2 aromatic carbocycles. The lowest BCUT2D eigenvalue weighted by atomic mass is 10.1. The maximum atomic E-state index is 12.6. The Morgan fingerprint density at radius 2 is 1.90 bits per heavy atom. The number of nitrogens with one attached hydrogen (secondary N) is 2. The van der Waals surface area contributed by atoms with E-state index in [4.69, 9.17) is 9.47 Å². The van der Waals surface area contributed by atoms with Crippen LogP contribution < -0.4 is 19.7 Å². The highest BCUT2D eigenvalue weighted by Gasteiger charge is 2.26. The van der Waals surface area contributed by atoms with Crippen molar-refractivity contribution in [2.24, 2.45) is 0 Å². The number of anilines is 1. The molecule has 1 fully saturated rings. The van der Waals surface area contributed by atoms with Crippen LogP contribution in [0.3, 0.4) is 0 Å². The van der Waals surface area contributed by atoms with E-state index in [2.05, 4.69) is 20.4 Å². The van der Waals surface area contributed by atoms with Crippen molar-refractivity contribution in [2.75, 3.05) is 31.7 Å². The van der Waals surface area contributed by atoms with E-state index in [1.54, 1.807) is 19.2 Å². The summed E-state index contributed by atoms with van der Waals surface area (Å²) in [5.41, 5.74) is 2.64. The molecule has 1 saturated heterocycles. The van der Waals surface area contributed by atoms with Crippen molar-refractivity contribution in [3.05, 3.63) is 60.2 Å². The van der Waals surface area contributed by atoms with Gasteiger partial charge in [-0.15, -0.1) is 0 Å². The number of hydrogen-bond acceptors (Lipinski definition) is 5. The molecule has 30 heavy (non-hydrogen) atoms. The zero-order chi connectivity index (χ0) is 20.9. The van der Waals surface area contributed by atoms with Gasteiger partial charge in [0.25, 0.3) is 5.91 Å². The van der Waals surface area contributed by atoms with E-state index < -0.39 is 0 Å². The number of aromatic amines is 1. The predicted molar refractivity (Wildman–Crippen MR) is 116 cm³/mol. The number of H-pyrrole nitrogens is 1. The number of rotatable bonds is 7. The molecule has 0 aliphatic carbocycles.